The predicted octanol–water partition coefficient (Wildman–Crippen LogP) is 4.52. The molecule has 1 fully saturated rings. The van der Waals surface area contributed by atoms with Crippen LogP contribution in [-0.2, 0) is 6.18 Å². The number of alkyl halides is 3. The Morgan fingerprint density at radius 3 is 2.50 bits per heavy atom. The van der Waals surface area contributed by atoms with Gasteiger partial charge in [0.05, 0.1) is 16.9 Å². The first-order valence-corrected chi connectivity index (χ1v) is 7.06. The number of nitrogens with two attached hydrogens (primary N) is 1. The van der Waals surface area contributed by atoms with Crippen LogP contribution in [0.25, 0.3) is 0 Å². The Labute approximate surface area is 117 Å². The monoisotopic (exact) mass is 286 g/mol. The van der Waals surface area contributed by atoms with Crippen LogP contribution in [0.1, 0.15) is 38.7 Å². The van der Waals surface area contributed by atoms with E-state index in [4.69, 9.17) is 5.73 Å². The summed E-state index contributed by atoms with van der Waals surface area (Å²) in [6.07, 6.45) is -1.00. The van der Waals surface area contributed by atoms with E-state index in [0.29, 0.717) is 23.6 Å². The molecular weight excluding hydrogens is 265 g/mol. The van der Waals surface area contributed by atoms with E-state index >= 15 is 0 Å². The quantitative estimate of drug-likeness (QED) is 0.801. The molecule has 0 radical (unpaired) electrons. The lowest BCUT2D eigenvalue weighted by atomic mass is 9.93. The first-order chi connectivity index (χ1) is 9.32. The summed E-state index contributed by atoms with van der Waals surface area (Å²) in [5, 5.41) is 3.31. The molecule has 2 rings (SSSR count). The topological polar surface area (TPSA) is 38.0 Å². The molecule has 1 aliphatic carbocycles. The molecule has 1 saturated carbocycles. The average Bonchev–Trinajstić information content (AvgIpc) is 2.71. The first-order valence-electron chi connectivity index (χ1n) is 7.06. The van der Waals surface area contributed by atoms with Crippen LogP contribution < -0.4 is 11.1 Å². The van der Waals surface area contributed by atoms with Crippen molar-refractivity contribution in [3.8, 4) is 0 Å². The fourth-order valence-corrected chi connectivity index (χ4v) is 3.10. The van der Waals surface area contributed by atoms with Gasteiger partial charge in [-0.25, -0.2) is 0 Å². The average molecular weight is 286 g/mol. The van der Waals surface area contributed by atoms with Crippen molar-refractivity contribution in [1.29, 1.82) is 0 Å². The SMILES string of the molecule is CCC1CCC(Nc2ccc(C(F)(F)F)cc2N)C1C. The molecule has 0 spiro atoms. The molecule has 3 N–H and O–H groups in total. The zero-order valence-electron chi connectivity index (χ0n) is 11.8. The molecule has 1 aromatic rings. The predicted molar refractivity (Wildman–Crippen MR) is 75.4 cm³/mol. The Morgan fingerprint density at radius 2 is 2.00 bits per heavy atom. The maximum absolute atomic E-state index is 12.6. The second-order valence-electron chi connectivity index (χ2n) is 5.66. The van der Waals surface area contributed by atoms with Crippen LogP contribution in [0.5, 0.6) is 0 Å². The van der Waals surface area contributed by atoms with Gasteiger partial charge >= 0.3 is 6.18 Å². The highest BCUT2D eigenvalue weighted by Gasteiger charge is 2.33. The molecule has 0 heterocycles. The summed E-state index contributed by atoms with van der Waals surface area (Å²) in [7, 11) is 0. The van der Waals surface area contributed by atoms with Gasteiger partial charge in [-0.15, -0.1) is 0 Å². The second kappa shape index (κ2) is 5.54. The molecule has 0 saturated heterocycles. The number of rotatable bonds is 3. The minimum atomic E-state index is -4.35. The minimum Gasteiger partial charge on any atom is -0.397 e. The molecule has 3 unspecified atom stereocenters. The zero-order valence-corrected chi connectivity index (χ0v) is 11.8. The van der Waals surface area contributed by atoms with E-state index in [1.165, 1.54) is 6.07 Å². The smallest absolute Gasteiger partial charge is 0.397 e. The Balaban J connectivity index is 2.11. The van der Waals surface area contributed by atoms with Crippen molar-refractivity contribution in [3.05, 3.63) is 23.8 Å². The van der Waals surface area contributed by atoms with Gasteiger partial charge in [0.25, 0.3) is 0 Å². The molecule has 0 aromatic heterocycles. The summed E-state index contributed by atoms with van der Waals surface area (Å²) in [6, 6.07) is 3.80. The van der Waals surface area contributed by atoms with Crippen molar-refractivity contribution in [2.24, 2.45) is 11.8 Å². The maximum atomic E-state index is 12.6. The normalized spacial score (nSPS) is 26.8. The van der Waals surface area contributed by atoms with Crippen molar-refractivity contribution in [3.63, 3.8) is 0 Å². The summed E-state index contributed by atoms with van der Waals surface area (Å²) in [4.78, 5) is 0. The number of anilines is 2. The molecule has 20 heavy (non-hydrogen) atoms. The molecule has 112 valence electrons. The maximum Gasteiger partial charge on any atom is 0.416 e. The van der Waals surface area contributed by atoms with Crippen molar-refractivity contribution in [2.75, 3.05) is 11.1 Å². The lowest BCUT2D eigenvalue weighted by Crippen LogP contribution is -2.25. The van der Waals surface area contributed by atoms with Crippen LogP contribution in [0.2, 0.25) is 0 Å². The van der Waals surface area contributed by atoms with Gasteiger partial charge in [-0.2, -0.15) is 13.2 Å². The standard InChI is InChI=1S/C15H21F3N2/c1-3-10-4-6-13(9(10)2)20-14-7-5-11(8-12(14)19)15(16,17)18/h5,7-10,13,20H,3-4,6,19H2,1-2H3. The Morgan fingerprint density at radius 1 is 1.30 bits per heavy atom. The van der Waals surface area contributed by atoms with Crippen molar-refractivity contribution in [1.82, 2.24) is 0 Å². The summed E-state index contributed by atoms with van der Waals surface area (Å²) in [5.74, 6) is 1.20. The van der Waals surface area contributed by atoms with Crippen molar-refractivity contribution < 1.29 is 13.2 Å². The van der Waals surface area contributed by atoms with Crippen molar-refractivity contribution in [2.45, 2.75) is 45.3 Å². The highest BCUT2D eigenvalue weighted by molar-refractivity contribution is 5.67. The van der Waals surface area contributed by atoms with Gasteiger partial charge < -0.3 is 11.1 Å². The lowest BCUT2D eigenvalue weighted by Gasteiger charge is -2.23. The molecule has 0 aliphatic heterocycles. The third-order valence-electron chi connectivity index (χ3n) is 4.47. The lowest BCUT2D eigenvalue weighted by molar-refractivity contribution is -0.137. The zero-order chi connectivity index (χ0) is 14.9. The van der Waals surface area contributed by atoms with Crippen LogP contribution in [0.15, 0.2) is 18.2 Å². The van der Waals surface area contributed by atoms with Gasteiger partial charge in [0.15, 0.2) is 0 Å². The van der Waals surface area contributed by atoms with E-state index in [0.717, 1.165) is 31.4 Å². The third kappa shape index (κ3) is 3.02. The van der Waals surface area contributed by atoms with Crippen LogP contribution in [0.3, 0.4) is 0 Å². The summed E-state index contributed by atoms with van der Waals surface area (Å²) >= 11 is 0. The number of hydrogen-bond donors (Lipinski definition) is 2. The Hall–Kier alpha value is -1.39. The Bertz CT molecular complexity index is 471. The summed E-state index contributed by atoms with van der Waals surface area (Å²) in [5.41, 5.74) is 5.81. The molecule has 1 aliphatic rings. The number of benzene rings is 1. The van der Waals surface area contributed by atoms with E-state index < -0.39 is 11.7 Å². The Kier molecular flexibility index (Phi) is 4.16. The number of nitrogens with one attached hydrogen (secondary N) is 1. The number of halogens is 3. The number of nitrogen functional groups attached to an aromatic ring is 1. The van der Waals surface area contributed by atoms with E-state index in [9.17, 15) is 13.2 Å². The molecule has 0 bridgehead atoms. The molecule has 0 amide bonds. The molecule has 3 atom stereocenters. The highest BCUT2D eigenvalue weighted by Crippen LogP contribution is 2.38. The van der Waals surface area contributed by atoms with Crippen molar-refractivity contribution >= 4 is 11.4 Å². The fraction of sp³-hybridized carbons (Fsp3) is 0.600. The minimum absolute atomic E-state index is 0.159. The van der Waals surface area contributed by atoms with Gasteiger partial charge in [-0.3, -0.25) is 0 Å². The first kappa shape index (κ1) is 15.0. The van der Waals surface area contributed by atoms with Gasteiger partial charge in [-0.05, 0) is 42.9 Å². The summed E-state index contributed by atoms with van der Waals surface area (Å²) < 4.78 is 37.8. The van der Waals surface area contributed by atoms with E-state index in [1.54, 1.807) is 0 Å². The van der Waals surface area contributed by atoms with Gasteiger partial charge in [0.2, 0.25) is 0 Å². The van der Waals surface area contributed by atoms with E-state index in [2.05, 4.69) is 19.2 Å². The van der Waals surface area contributed by atoms with Crippen LogP contribution in [-0.4, -0.2) is 6.04 Å². The molecule has 5 heteroatoms. The summed E-state index contributed by atoms with van der Waals surface area (Å²) in [6.45, 7) is 4.37. The molecular formula is C15H21F3N2. The largest absolute Gasteiger partial charge is 0.416 e. The van der Waals surface area contributed by atoms with Gasteiger partial charge in [-0.1, -0.05) is 20.3 Å². The second-order valence-corrected chi connectivity index (χ2v) is 5.66. The van der Waals surface area contributed by atoms with Crippen LogP contribution >= 0.6 is 0 Å². The highest BCUT2D eigenvalue weighted by atomic mass is 19.4. The van der Waals surface area contributed by atoms with Gasteiger partial charge in [0, 0.05) is 6.04 Å². The van der Waals surface area contributed by atoms with Crippen LogP contribution in [0, 0.1) is 11.8 Å². The number of hydrogen-bond acceptors (Lipinski definition) is 2. The fourth-order valence-electron chi connectivity index (χ4n) is 3.10. The molecule has 2 nitrogen and oxygen atoms in total. The molecule has 1 aromatic carbocycles. The van der Waals surface area contributed by atoms with Gasteiger partial charge in [0.1, 0.15) is 0 Å². The van der Waals surface area contributed by atoms with E-state index in [1.807, 2.05) is 0 Å². The third-order valence-corrected chi connectivity index (χ3v) is 4.47. The van der Waals surface area contributed by atoms with E-state index in [-0.39, 0.29) is 5.69 Å². The van der Waals surface area contributed by atoms with Crippen LogP contribution in [0.4, 0.5) is 24.5 Å².